The summed E-state index contributed by atoms with van der Waals surface area (Å²) >= 11 is 0. The third-order valence-electron chi connectivity index (χ3n) is 2.24. The van der Waals surface area contributed by atoms with Crippen molar-refractivity contribution in [1.82, 2.24) is 9.97 Å². The Morgan fingerprint density at radius 3 is 2.76 bits per heavy atom. The van der Waals surface area contributed by atoms with Gasteiger partial charge in [0, 0.05) is 12.4 Å². The van der Waals surface area contributed by atoms with Gasteiger partial charge in [-0.2, -0.15) is 0 Å². The normalized spacial score (nSPS) is 9.94. The lowest BCUT2D eigenvalue weighted by molar-refractivity contribution is 0.102. The number of nitrogen functional groups attached to an aromatic ring is 1. The number of anilines is 2. The van der Waals surface area contributed by atoms with Gasteiger partial charge in [-0.3, -0.25) is 4.79 Å². The Balaban J connectivity index is 2.17. The Bertz CT molecular complexity index is 536. The molecule has 5 heteroatoms. The van der Waals surface area contributed by atoms with E-state index >= 15 is 0 Å². The molecular formula is C12H12N4O. The van der Waals surface area contributed by atoms with Gasteiger partial charge in [0.1, 0.15) is 11.6 Å². The molecule has 17 heavy (non-hydrogen) atoms. The Morgan fingerprint density at radius 2 is 2.12 bits per heavy atom. The SMILES string of the molecule is Cc1ccc(NC(=O)c2cccnc2N)nc1. The molecule has 0 bridgehead atoms. The molecule has 0 aromatic carbocycles. The number of nitrogens with zero attached hydrogens (tertiary/aromatic N) is 2. The van der Waals surface area contributed by atoms with Crippen molar-refractivity contribution in [3.05, 3.63) is 47.8 Å². The van der Waals surface area contributed by atoms with Crippen LogP contribution in [0.4, 0.5) is 11.6 Å². The van der Waals surface area contributed by atoms with Crippen LogP contribution in [0, 0.1) is 6.92 Å². The first-order chi connectivity index (χ1) is 8.16. The van der Waals surface area contributed by atoms with Gasteiger partial charge >= 0.3 is 0 Å². The van der Waals surface area contributed by atoms with Crippen LogP contribution in [0.25, 0.3) is 0 Å². The van der Waals surface area contributed by atoms with Gasteiger partial charge in [-0.25, -0.2) is 9.97 Å². The summed E-state index contributed by atoms with van der Waals surface area (Å²) in [4.78, 5) is 19.8. The first kappa shape index (κ1) is 11.1. The second-order valence-corrected chi connectivity index (χ2v) is 3.61. The molecule has 0 saturated heterocycles. The minimum absolute atomic E-state index is 0.206. The summed E-state index contributed by atoms with van der Waals surface area (Å²) in [5.74, 6) is 0.382. The highest BCUT2D eigenvalue weighted by Gasteiger charge is 2.10. The summed E-state index contributed by atoms with van der Waals surface area (Å²) in [6.07, 6.45) is 3.22. The quantitative estimate of drug-likeness (QED) is 0.818. The van der Waals surface area contributed by atoms with Gasteiger partial charge in [0.05, 0.1) is 5.56 Å². The van der Waals surface area contributed by atoms with Crippen LogP contribution in [0.3, 0.4) is 0 Å². The maximum Gasteiger partial charge on any atom is 0.260 e. The molecule has 0 radical (unpaired) electrons. The van der Waals surface area contributed by atoms with Gasteiger partial charge in [-0.1, -0.05) is 6.07 Å². The van der Waals surface area contributed by atoms with Gasteiger partial charge in [0.15, 0.2) is 0 Å². The van der Waals surface area contributed by atoms with E-state index in [4.69, 9.17) is 5.73 Å². The zero-order chi connectivity index (χ0) is 12.3. The first-order valence-corrected chi connectivity index (χ1v) is 5.11. The Kier molecular flexibility index (Phi) is 3.00. The predicted octanol–water partition coefficient (Wildman–Crippen LogP) is 1.62. The molecule has 1 amide bonds. The molecule has 0 aliphatic heterocycles. The highest BCUT2D eigenvalue weighted by atomic mass is 16.1. The Labute approximate surface area is 98.7 Å². The van der Waals surface area contributed by atoms with Crippen LogP contribution >= 0.6 is 0 Å². The first-order valence-electron chi connectivity index (χ1n) is 5.11. The van der Waals surface area contributed by atoms with Crippen LogP contribution in [0.5, 0.6) is 0 Å². The van der Waals surface area contributed by atoms with Crippen LogP contribution < -0.4 is 11.1 Å². The number of hydrogen-bond acceptors (Lipinski definition) is 4. The van der Waals surface area contributed by atoms with Crippen molar-refractivity contribution in [3.63, 3.8) is 0 Å². The summed E-state index contributed by atoms with van der Waals surface area (Å²) in [5.41, 5.74) is 6.98. The molecule has 2 heterocycles. The van der Waals surface area contributed by atoms with E-state index in [1.54, 1.807) is 24.4 Å². The zero-order valence-electron chi connectivity index (χ0n) is 9.34. The number of nitrogens with one attached hydrogen (secondary N) is 1. The summed E-state index contributed by atoms with van der Waals surface area (Å²) in [6, 6.07) is 6.88. The Hall–Kier alpha value is -2.43. The van der Waals surface area contributed by atoms with Crippen molar-refractivity contribution >= 4 is 17.5 Å². The minimum atomic E-state index is -0.313. The number of carbonyl (C=O) groups is 1. The minimum Gasteiger partial charge on any atom is -0.383 e. The molecule has 0 fully saturated rings. The molecular weight excluding hydrogens is 216 g/mol. The smallest absolute Gasteiger partial charge is 0.260 e. The maximum atomic E-state index is 11.8. The molecule has 0 unspecified atom stereocenters. The van der Waals surface area contributed by atoms with Gasteiger partial charge in [0.2, 0.25) is 0 Å². The van der Waals surface area contributed by atoms with Crippen LogP contribution in [0.15, 0.2) is 36.7 Å². The molecule has 0 atom stereocenters. The van der Waals surface area contributed by atoms with Crippen molar-refractivity contribution in [2.45, 2.75) is 6.92 Å². The third-order valence-corrected chi connectivity index (χ3v) is 2.24. The van der Waals surface area contributed by atoms with Crippen LogP contribution in [0.2, 0.25) is 0 Å². The molecule has 2 aromatic rings. The fourth-order valence-corrected chi connectivity index (χ4v) is 1.33. The second-order valence-electron chi connectivity index (χ2n) is 3.61. The number of pyridine rings is 2. The lowest BCUT2D eigenvalue weighted by Gasteiger charge is -2.05. The second kappa shape index (κ2) is 4.61. The average molecular weight is 228 g/mol. The van der Waals surface area contributed by atoms with Gasteiger partial charge in [-0.05, 0) is 30.7 Å². The lowest BCUT2D eigenvalue weighted by atomic mass is 10.2. The van der Waals surface area contributed by atoms with E-state index in [9.17, 15) is 4.79 Å². The Morgan fingerprint density at radius 1 is 1.29 bits per heavy atom. The molecule has 0 spiro atoms. The van der Waals surface area contributed by atoms with E-state index in [0.29, 0.717) is 11.4 Å². The maximum absolute atomic E-state index is 11.8. The number of nitrogens with two attached hydrogens (primary N) is 1. The van der Waals surface area contributed by atoms with Crippen molar-refractivity contribution in [2.75, 3.05) is 11.1 Å². The largest absolute Gasteiger partial charge is 0.383 e. The van der Waals surface area contributed by atoms with Gasteiger partial charge in [-0.15, -0.1) is 0 Å². The number of rotatable bonds is 2. The highest BCUT2D eigenvalue weighted by molar-refractivity contribution is 6.06. The topological polar surface area (TPSA) is 80.9 Å². The summed E-state index contributed by atoms with van der Waals surface area (Å²) < 4.78 is 0. The van der Waals surface area contributed by atoms with Crippen LogP contribution in [0.1, 0.15) is 15.9 Å². The average Bonchev–Trinajstić information content (AvgIpc) is 2.32. The fourth-order valence-electron chi connectivity index (χ4n) is 1.33. The van der Waals surface area contributed by atoms with Crippen LogP contribution in [-0.4, -0.2) is 15.9 Å². The fraction of sp³-hybridized carbons (Fsp3) is 0.0833. The molecule has 2 rings (SSSR count). The highest BCUT2D eigenvalue weighted by Crippen LogP contribution is 2.10. The molecule has 0 aliphatic rings. The van der Waals surface area contributed by atoms with Crippen molar-refractivity contribution in [3.8, 4) is 0 Å². The third kappa shape index (κ3) is 2.57. The van der Waals surface area contributed by atoms with Crippen molar-refractivity contribution < 1.29 is 4.79 Å². The molecule has 5 nitrogen and oxygen atoms in total. The monoisotopic (exact) mass is 228 g/mol. The molecule has 0 saturated carbocycles. The van der Waals surface area contributed by atoms with E-state index in [-0.39, 0.29) is 11.7 Å². The van der Waals surface area contributed by atoms with Crippen molar-refractivity contribution in [2.24, 2.45) is 0 Å². The van der Waals surface area contributed by atoms with E-state index in [2.05, 4.69) is 15.3 Å². The van der Waals surface area contributed by atoms with Gasteiger partial charge < -0.3 is 11.1 Å². The molecule has 3 N–H and O–H groups in total. The number of aromatic nitrogens is 2. The number of aryl methyl sites for hydroxylation is 1. The summed E-state index contributed by atoms with van der Waals surface area (Å²) in [7, 11) is 0. The summed E-state index contributed by atoms with van der Waals surface area (Å²) in [6.45, 7) is 1.93. The van der Waals surface area contributed by atoms with Crippen molar-refractivity contribution in [1.29, 1.82) is 0 Å². The lowest BCUT2D eigenvalue weighted by Crippen LogP contribution is -2.15. The van der Waals surface area contributed by atoms with E-state index in [0.717, 1.165) is 5.56 Å². The standard InChI is InChI=1S/C12H12N4O/c1-8-4-5-10(15-7-8)16-12(17)9-3-2-6-14-11(9)13/h2-7H,1H3,(H2,13,14)(H,15,16,17). The predicted molar refractivity (Wildman–Crippen MR) is 65.6 cm³/mol. The number of hydrogen-bond donors (Lipinski definition) is 2. The van der Waals surface area contributed by atoms with Crippen LogP contribution in [-0.2, 0) is 0 Å². The van der Waals surface area contributed by atoms with E-state index < -0.39 is 0 Å². The molecule has 86 valence electrons. The molecule has 2 aromatic heterocycles. The van der Waals surface area contributed by atoms with Gasteiger partial charge in [0.25, 0.3) is 5.91 Å². The zero-order valence-corrected chi connectivity index (χ0v) is 9.34. The number of carbonyl (C=O) groups excluding carboxylic acids is 1. The number of amides is 1. The van der Waals surface area contributed by atoms with E-state index in [1.807, 2.05) is 13.0 Å². The summed E-state index contributed by atoms with van der Waals surface area (Å²) in [5, 5.41) is 2.66. The molecule has 0 aliphatic carbocycles. The van der Waals surface area contributed by atoms with E-state index in [1.165, 1.54) is 6.20 Å².